The van der Waals surface area contributed by atoms with E-state index in [1.165, 1.54) is 19.4 Å². The zero-order chi connectivity index (χ0) is 17.4. The van der Waals surface area contributed by atoms with E-state index >= 15 is 0 Å². The molecule has 2 N–H and O–H groups in total. The van der Waals surface area contributed by atoms with Crippen molar-refractivity contribution in [1.29, 1.82) is 0 Å². The summed E-state index contributed by atoms with van der Waals surface area (Å²) in [5.74, 6) is -1.03. The van der Waals surface area contributed by atoms with Crippen molar-refractivity contribution in [2.75, 3.05) is 25.6 Å². The van der Waals surface area contributed by atoms with Crippen LogP contribution in [0, 0.1) is 0 Å². The summed E-state index contributed by atoms with van der Waals surface area (Å²) >= 11 is 0. The summed E-state index contributed by atoms with van der Waals surface area (Å²) in [7, 11) is 1.54. The molecule has 24 heavy (non-hydrogen) atoms. The van der Waals surface area contributed by atoms with Gasteiger partial charge in [-0.2, -0.15) is 0 Å². The molecule has 0 bridgehead atoms. The highest BCUT2D eigenvalue weighted by Gasteiger charge is 2.12. The highest BCUT2D eigenvalue weighted by atomic mass is 16.5. The number of carbonyl (C=O) groups excluding carboxylic acids is 3. The van der Waals surface area contributed by atoms with E-state index in [1.54, 1.807) is 30.3 Å². The van der Waals surface area contributed by atoms with E-state index in [-0.39, 0.29) is 12.3 Å². The molecule has 0 aliphatic rings. The molecule has 0 unspecified atom stereocenters. The van der Waals surface area contributed by atoms with Gasteiger partial charge in [0.15, 0.2) is 12.4 Å². The third-order valence-corrected chi connectivity index (χ3v) is 2.88. The molecule has 1 aromatic heterocycles. The van der Waals surface area contributed by atoms with Crippen molar-refractivity contribution in [3.05, 3.63) is 48.4 Å². The Morgan fingerprint density at radius 2 is 1.88 bits per heavy atom. The number of hydrogen-bond donors (Lipinski definition) is 2. The Labute approximate surface area is 137 Å². The Bertz CT molecular complexity index is 694. The Hall–Kier alpha value is -3.29. The molecule has 1 heterocycles. The van der Waals surface area contributed by atoms with Crippen molar-refractivity contribution in [3.63, 3.8) is 0 Å². The predicted octanol–water partition coefficient (Wildman–Crippen LogP) is 1.20. The molecule has 0 aliphatic carbocycles. The van der Waals surface area contributed by atoms with Gasteiger partial charge in [0, 0.05) is 5.69 Å². The van der Waals surface area contributed by atoms with Crippen LogP contribution in [0.5, 0.6) is 5.75 Å². The van der Waals surface area contributed by atoms with Gasteiger partial charge >= 0.3 is 5.97 Å². The number of ether oxygens (including phenoxy) is 2. The lowest BCUT2D eigenvalue weighted by Crippen LogP contribution is -2.32. The smallest absolute Gasteiger partial charge is 0.325 e. The van der Waals surface area contributed by atoms with Gasteiger partial charge in [0.1, 0.15) is 12.3 Å². The normalized spacial score (nSPS) is 9.88. The zero-order valence-electron chi connectivity index (χ0n) is 12.9. The van der Waals surface area contributed by atoms with E-state index in [0.29, 0.717) is 11.4 Å². The average molecular weight is 332 g/mol. The molecule has 0 radical (unpaired) electrons. The highest BCUT2D eigenvalue weighted by Crippen LogP contribution is 2.14. The van der Waals surface area contributed by atoms with Crippen LogP contribution in [0.25, 0.3) is 0 Å². The molecule has 0 fully saturated rings. The van der Waals surface area contributed by atoms with Gasteiger partial charge in [-0.25, -0.2) is 0 Å². The molecule has 8 heteroatoms. The van der Waals surface area contributed by atoms with E-state index in [4.69, 9.17) is 13.9 Å². The van der Waals surface area contributed by atoms with Crippen molar-refractivity contribution < 1.29 is 28.3 Å². The van der Waals surface area contributed by atoms with Gasteiger partial charge in [-0.1, -0.05) is 0 Å². The number of rotatable bonds is 7. The molecule has 0 spiro atoms. The summed E-state index contributed by atoms with van der Waals surface area (Å²) in [5, 5.41) is 4.88. The summed E-state index contributed by atoms with van der Waals surface area (Å²) in [6.45, 7) is -0.823. The minimum Gasteiger partial charge on any atom is -0.497 e. The van der Waals surface area contributed by atoms with Crippen LogP contribution in [0.2, 0.25) is 0 Å². The van der Waals surface area contributed by atoms with Crippen LogP contribution in [0.3, 0.4) is 0 Å². The second-order valence-corrected chi connectivity index (χ2v) is 4.60. The number of carbonyl (C=O) groups is 3. The zero-order valence-corrected chi connectivity index (χ0v) is 12.9. The topological polar surface area (TPSA) is 107 Å². The summed E-state index contributed by atoms with van der Waals surface area (Å²) in [5.41, 5.74) is 0.544. The molecule has 2 aromatic rings. The minimum atomic E-state index is -0.736. The van der Waals surface area contributed by atoms with Gasteiger partial charge in [-0.15, -0.1) is 0 Å². The maximum Gasteiger partial charge on any atom is 0.325 e. The van der Waals surface area contributed by atoms with Gasteiger partial charge in [0.25, 0.3) is 11.8 Å². The SMILES string of the molecule is COc1ccc(NC(=O)COC(=O)CNC(=O)c2ccco2)cc1. The Balaban J connectivity index is 1.68. The first-order valence-electron chi connectivity index (χ1n) is 6.99. The van der Waals surface area contributed by atoms with Crippen LogP contribution in [0.15, 0.2) is 47.1 Å². The number of nitrogens with one attached hydrogen (secondary N) is 2. The van der Waals surface area contributed by atoms with Gasteiger partial charge in [0.2, 0.25) is 0 Å². The molecule has 0 aliphatic heterocycles. The standard InChI is InChI=1S/C16H16N2O6/c1-22-12-6-4-11(5-7-12)18-14(19)10-24-15(20)9-17-16(21)13-3-2-8-23-13/h2-8H,9-10H2,1H3,(H,17,21)(H,18,19). The number of furan rings is 1. The lowest BCUT2D eigenvalue weighted by molar-refractivity contribution is -0.146. The lowest BCUT2D eigenvalue weighted by Gasteiger charge is -2.07. The molecule has 0 atom stereocenters. The largest absolute Gasteiger partial charge is 0.497 e. The first-order valence-corrected chi connectivity index (χ1v) is 6.99. The van der Waals surface area contributed by atoms with Crippen LogP contribution in [0.1, 0.15) is 10.6 Å². The van der Waals surface area contributed by atoms with Crippen LogP contribution in [-0.2, 0) is 14.3 Å². The number of anilines is 1. The molecular formula is C16H16N2O6. The molecule has 2 amide bonds. The number of hydrogen-bond acceptors (Lipinski definition) is 6. The van der Waals surface area contributed by atoms with E-state index in [9.17, 15) is 14.4 Å². The average Bonchev–Trinajstić information content (AvgIpc) is 3.13. The van der Waals surface area contributed by atoms with Gasteiger partial charge in [-0.05, 0) is 36.4 Å². The molecule has 1 aromatic carbocycles. The maximum atomic E-state index is 11.7. The van der Waals surface area contributed by atoms with Gasteiger partial charge in [-0.3, -0.25) is 14.4 Å². The fraction of sp³-hybridized carbons (Fsp3) is 0.188. The molecule has 2 rings (SSSR count). The lowest BCUT2D eigenvalue weighted by atomic mass is 10.3. The summed E-state index contributed by atoms with van der Waals surface area (Å²) in [4.78, 5) is 34.7. The molecule has 126 valence electrons. The summed E-state index contributed by atoms with van der Waals surface area (Å²) in [6, 6.07) is 9.70. The molecule has 0 saturated carbocycles. The van der Waals surface area contributed by atoms with Crippen molar-refractivity contribution in [2.24, 2.45) is 0 Å². The first-order chi connectivity index (χ1) is 11.6. The fourth-order valence-corrected chi connectivity index (χ4v) is 1.72. The Morgan fingerprint density at radius 3 is 2.50 bits per heavy atom. The number of amides is 2. The number of methoxy groups -OCH3 is 1. The van der Waals surface area contributed by atoms with E-state index in [2.05, 4.69) is 10.6 Å². The van der Waals surface area contributed by atoms with E-state index in [0.717, 1.165) is 0 Å². The number of benzene rings is 1. The van der Waals surface area contributed by atoms with Crippen molar-refractivity contribution in [1.82, 2.24) is 5.32 Å². The second kappa shape index (κ2) is 8.37. The van der Waals surface area contributed by atoms with E-state index in [1.807, 2.05) is 0 Å². The quantitative estimate of drug-likeness (QED) is 0.738. The van der Waals surface area contributed by atoms with Crippen molar-refractivity contribution >= 4 is 23.5 Å². The predicted molar refractivity (Wildman–Crippen MR) is 83.6 cm³/mol. The molecule has 0 saturated heterocycles. The second-order valence-electron chi connectivity index (χ2n) is 4.60. The summed E-state index contributed by atoms with van der Waals surface area (Å²) < 4.78 is 14.6. The third-order valence-electron chi connectivity index (χ3n) is 2.88. The Kier molecular flexibility index (Phi) is 5.95. The van der Waals surface area contributed by atoms with Crippen LogP contribution in [0.4, 0.5) is 5.69 Å². The van der Waals surface area contributed by atoms with Gasteiger partial charge in [0.05, 0.1) is 13.4 Å². The van der Waals surface area contributed by atoms with Gasteiger partial charge < -0.3 is 24.5 Å². The summed E-state index contributed by atoms with van der Waals surface area (Å²) in [6.07, 6.45) is 1.34. The van der Waals surface area contributed by atoms with Crippen molar-refractivity contribution in [3.8, 4) is 5.75 Å². The maximum absolute atomic E-state index is 11.7. The van der Waals surface area contributed by atoms with Crippen LogP contribution >= 0.6 is 0 Å². The Morgan fingerprint density at radius 1 is 1.12 bits per heavy atom. The molecular weight excluding hydrogens is 316 g/mol. The minimum absolute atomic E-state index is 0.0834. The first kappa shape index (κ1) is 17.1. The van der Waals surface area contributed by atoms with Crippen molar-refractivity contribution in [2.45, 2.75) is 0 Å². The number of esters is 1. The highest BCUT2D eigenvalue weighted by molar-refractivity contribution is 5.95. The van der Waals surface area contributed by atoms with Crippen LogP contribution < -0.4 is 15.4 Å². The fourth-order valence-electron chi connectivity index (χ4n) is 1.72. The molecule has 8 nitrogen and oxygen atoms in total. The van der Waals surface area contributed by atoms with E-state index < -0.39 is 24.4 Å². The van der Waals surface area contributed by atoms with Crippen LogP contribution in [-0.4, -0.2) is 38.0 Å². The monoisotopic (exact) mass is 332 g/mol. The third kappa shape index (κ3) is 5.16.